The van der Waals surface area contributed by atoms with Crippen molar-refractivity contribution in [2.24, 2.45) is 5.84 Å². The number of phenols is 1. The molecule has 1 rings (SSSR count). The number of rotatable bonds is 3. The predicted octanol–water partition coefficient (Wildman–Crippen LogP) is 0.863. The normalized spacial score (nSPS) is 12.1. The van der Waals surface area contributed by atoms with Crippen LogP contribution in [-0.4, -0.2) is 16.3 Å². The van der Waals surface area contributed by atoms with Crippen molar-refractivity contribution < 1.29 is 9.90 Å². The van der Waals surface area contributed by atoms with E-state index >= 15 is 0 Å². The van der Waals surface area contributed by atoms with Crippen molar-refractivity contribution in [1.82, 2.24) is 5.43 Å². The Morgan fingerprint density at radius 3 is 2.93 bits per heavy atom. The molecular formula is C9H12N2O2S. The first-order valence-electron chi connectivity index (χ1n) is 4.09. The molecule has 4 nitrogen and oxygen atoms in total. The Morgan fingerprint density at radius 2 is 2.36 bits per heavy atom. The number of aromatic hydroxyl groups is 1. The smallest absolute Gasteiger partial charge is 0.247 e. The molecule has 4 N–H and O–H groups in total. The number of carbonyl (C=O) groups excluding carboxylic acids is 1. The van der Waals surface area contributed by atoms with Gasteiger partial charge in [0.1, 0.15) is 5.75 Å². The molecule has 1 aromatic rings. The van der Waals surface area contributed by atoms with Crippen LogP contribution in [0.5, 0.6) is 5.75 Å². The summed E-state index contributed by atoms with van der Waals surface area (Å²) in [4.78, 5) is 11.9. The summed E-state index contributed by atoms with van der Waals surface area (Å²) in [6, 6.07) is 6.73. The third-order valence-corrected chi connectivity index (χ3v) is 2.74. The molecule has 0 spiro atoms. The summed E-state index contributed by atoms with van der Waals surface area (Å²) in [5, 5.41) is 8.91. The molecular weight excluding hydrogens is 200 g/mol. The molecule has 0 aliphatic rings. The minimum Gasteiger partial charge on any atom is -0.508 e. The SMILES string of the molecule is CC(Sc1cccc(O)c1)C(=O)NN. The molecule has 1 amide bonds. The van der Waals surface area contributed by atoms with E-state index in [4.69, 9.17) is 5.84 Å². The molecule has 0 saturated heterocycles. The number of hydrazine groups is 1. The minimum absolute atomic E-state index is 0.190. The van der Waals surface area contributed by atoms with E-state index in [0.717, 1.165) is 4.90 Å². The van der Waals surface area contributed by atoms with Crippen LogP contribution in [0.2, 0.25) is 0 Å². The molecule has 0 aliphatic carbocycles. The van der Waals surface area contributed by atoms with E-state index in [0.29, 0.717) is 0 Å². The van der Waals surface area contributed by atoms with Gasteiger partial charge >= 0.3 is 0 Å². The zero-order valence-electron chi connectivity index (χ0n) is 7.73. The summed E-state index contributed by atoms with van der Waals surface area (Å²) in [6.07, 6.45) is 0. The van der Waals surface area contributed by atoms with Crippen molar-refractivity contribution in [2.45, 2.75) is 17.1 Å². The van der Waals surface area contributed by atoms with E-state index in [2.05, 4.69) is 5.43 Å². The van der Waals surface area contributed by atoms with Crippen LogP contribution in [0.1, 0.15) is 6.92 Å². The van der Waals surface area contributed by atoms with Gasteiger partial charge in [0.05, 0.1) is 5.25 Å². The number of carbonyl (C=O) groups is 1. The Kier molecular flexibility index (Phi) is 3.79. The first-order chi connectivity index (χ1) is 6.63. The van der Waals surface area contributed by atoms with E-state index in [1.165, 1.54) is 11.8 Å². The molecule has 5 heteroatoms. The molecule has 0 heterocycles. The van der Waals surface area contributed by atoms with E-state index in [-0.39, 0.29) is 16.9 Å². The summed E-state index contributed by atoms with van der Waals surface area (Å²) in [5.41, 5.74) is 2.08. The Hall–Kier alpha value is -1.20. The minimum atomic E-state index is -0.276. The third-order valence-electron chi connectivity index (χ3n) is 1.64. The Morgan fingerprint density at radius 1 is 1.64 bits per heavy atom. The lowest BCUT2D eigenvalue weighted by atomic mass is 10.3. The van der Waals surface area contributed by atoms with E-state index < -0.39 is 0 Å². The number of amides is 1. The van der Waals surface area contributed by atoms with Crippen molar-refractivity contribution >= 4 is 17.7 Å². The highest BCUT2D eigenvalue weighted by Crippen LogP contribution is 2.25. The molecule has 0 bridgehead atoms. The number of phenolic OH excluding ortho intramolecular Hbond substituents is 1. The second-order valence-electron chi connectivity index (χ2n) is 2.77. The highest BCUT2D eigenvalue weighted by Gasteiger charge is 2.12. The molecule has 76 valence electrons. The molecule has 14 heavy (non-hydrogen) atoms. The maximum absolute atomic E-state index is 11.1. The van der Waals surface area contributed by atoms with E-state index in [9.17, 15) is 9.90 Å². The van der Waals surface area contributed by atoms with Gasteiger partial charge in [-0.1, -0.05) is 6.07 Å². The van der Waals surface area contributed by atoms with Crippen LogP contribution < -0.4 is 11.3 Å². The highest BCUT2D eigenvalue weighted by atomic mass is 32.2. The van der Waals surface area contributed by atoms with Gasteiger partial charge in [0.25, 0.3) is 0 Å². The fourth-order valence-corrected chi connectivity index (χ4v) is 1.86. The van der Waals surface area contributed by atoms with Crippen LogP contribution in [0.4, 0.5) is 0 Å². The van der Waals surface area contributed by atoms with Gasteiger partial charge in [0, 0.05) is 4.90 Å². The molecule has 0 fully saturated rings. The number of nitrogens with two attached hydrogens (primary N) is 1. The predicted molar refractivity (Wildman–Crippen MR) is 55.8 cm³/mol. The first-order valence-corrected chi connectivity index (χ1v) is 4.97. The number of hydrogen-bond acceptors (Lipinski definition) is 4. The summed E-state index contributed by atoms with van der Waals surface area (Å²) < 4.78 is 0. The van der Waals surface area contributed by atoms with Crippen LogP contribution in [0, 0.1) is 0 Å². The van der Waals surface area contributed by atoms with Crippen molar-refractivity contribution in [2.75, 3.05) is 0 Å². The monoisotopic (exact) mass is 212 g/mol. The average molecular weight is 212 g/mol. The van der Waals surface area contributed by atoms with Crippen molar-refractivity contribution in [1.29, 1.82) is 0 Å². The maximum atomic E-state index is 11.1. The molecule has 1 aromatic carbocycles. The van der Waals surface area contributed by atoms with Crippen molar-refractivity contribution in [3.8, 4) is 5.75 Å². The van der Waals surface area contributed by atoms with Gasteiger partial charge in [-0.05, 0) is 25.1 Å². The molecule has 0 radical (unpaired) electrons. The number of thioether (sulfide) groups is 1. The number of nitrogens with one attached hydrogen (secondary N) is 1. The van der Waals surface area contributed by atoms with Crippen molar-refractivity contribution in [3.05, 3.63) is 24.3 Å². The Bertz CT molecular complexity index is 330. The summed E-state index contributed by atoms with van der Waals surface area (Å²) in [7, 11) is 0. The molecule has 1 unspecified atom stereocenters. The third kappa shape index (κ3) is 2.93. The summed E-state index contributed by atoms with van der Waals surface area (Å²) in [6.45, 7) is 1.75. The van der Waals surface area contributed by atoms with Gasteiger partial charge in [-0.15, -0.1) is 11.8 Å². The van der Waals surface area contributed by atoms with Crippen LogP contribution in [-0.2, 0) is 4.79 Å². The lowest BCUT2D eigenvalue weighted by molar-refractivity contribution is -0.120. The topological polar surface area (TPSA) is 75.3 Å². The van der Waals surface area contributed by atoms with Crippen LogP contribution in [0.3, 0.4) is 0 Å². The number of hydrogen-bond donors (Lipinski definition) is 3. The molecule has 0 aromatic heterocycles. The molecule has 0 saturated carbocycles. The van der Waals surface area contributed by atoms with E-state index in [1.54, 1.807) is 25.1 Å². The van der Waals surface area contributed by atoms with Crippen molar-refractivity contribution in [3.63, 3.8) is 0 Å². The van der Waals surface area contributed by atoms with Gasteiger partial charge in [-0.3, -0.25) is 10.2 Å². The summed E-state index contributed by atoms with van der Waals surface area (Å²) in [5.74, 6) is 4.95. The Labute approximate surface area is 86.5 Å². The second-order valence-corrected chi connectivity index (χ2v) is 4.18. The lowest BCUT2D eigenvalue weighted by Crippen LogP contribution is -2.36. The quantitative estimate of drug-likeness (QED) is 0.301. The first kappa shape index (κ1) is 10.9. The van der Waals surface area contributed by atoms with Crippen LogP contribution in [0.15, 0.2) is 29.2 Å². The molecule has 1 atom stereocenters. The fraction of sp³-hybridized carbons (Fsp3) is 0.222. The standard InChI is InChI=1S/C9H12N2O2S/c1-6(9(13)11-10)14-8-4-2-3-7(12)5-8/h2-6,12H,10H2,1H3,(H,11,13). The lowest BCUT2D eigenvalue weighted by Gasteiger charge is -2.08. The largest absolute Gasteiger partial charge is 0.508 e. The number of benzene rings is 1. The van der Waals surface area contributed by atoms with Gasteiger partial charge in [-0.2, -0.15) is 0 Å². The second kappa shape index (κ2) is 4.88. The van der Waals surface area contributed by atoms with Gasteiger partial charge in [0.15, 0.2) is 0 Å². The maximum Gasteiger partial charge on any atom is 0.247 e. The van der Waals surface area contributed by atoms with Gasteiger partial charge < -0.3 is 5.11 Å². The zero-order chi connectivity index (χ0) is 10.6. The van der Waals surface area contributed by atoms with Gasteiger partial charge in [-0.25, -0.2) is 5.84 Å². The average Bonchev–Trinajstić information content (AvgIpc) is 2.16. The summed E-state index contributed by atoms with van der Waals surface area (Å²) >= 11 is 1.34. The van der Waals surface area contributed by atoms with Crippen LogP contribution >= 0.6 is 11.8 Å². The Balaban J connectivity index is 2.64. The van der Waals surface area contributed by atoms with E-state index in [1.807, 2.05) is 6.07 Å². The van der Waals surface area contributed by atoms with Crippen LogP contribution in [0.25, 0.3) is 0 Å². The zero-order valence-corrected chi connectivity index (χ0v) is 8.54. The highest BCUT2D eigenvalue weighted by molar-refractivity contribution is 8.00. The molecule has 0 aliphatic heterocycles. The fourth-order valence-electron chi connectivity index (χ4n) is 0.932. The van der Waals surface area contributed by atoms with Gasteiger partial charge in [0.2, 0.25) is 5.91 Å².